The lowest BCUT2D eigenvalue weighted by molar-refractivity contribution is 0.0979. The van der Waals surface area contributed by atoms with Crippen molar-refractivity contribution in [3.05, 3.63) is 46.2 Å². The Morgan fingerprint density at radius 3 is 2.71 bits per heavy atom. The average Bonchev–Trinajstić information content (AvgIpc) is 2.87. The molecule has 0 atom stereocenters. The molecule has 1 heterocycles. The minimum Gasteiger partial charge on any atom is -0.294 e. The van der Waals surface area contributed by atoms with Crippen LogP contribution in [0.1, 0.15) is 36.2 Å². The topological polar surface area (TPSA) is 17.1 Å². The van der Waals surface area contributed by atoms with Crippen LogP contribution in [0.3, 0.4) is 0 Å². The van der Waals surface area contributed by atoms with Crippen molar-refractivity contribution in [3.8, 4) is 11.1 Å². The summed E-state index contributed by atoms with van der Waals surface area (Å²) in [5.41, 5.74) is 4.55. The van der Waals surface area contributed by atoms with Crippen molar-refractivity contribution >= 4 is 17.1 Å². The third-order valence-corrected chi connectivity index (χ3v) is 4.19. The van der Waals surface area contributed by atoms with Crippen molar-refractivity contribution in [1.29, 1.82) is 0 Å². The molecule has 2 heteroatoms. The van der Waals surface area contributed by atoms with Crippen molar-refractivity contribution in [2.45, 2.75) is 25.7 Å². The zero-order valence-corrected chi connectivity index (χ0v) is 10.8. The lowest BCUT2D eigenvalue weighted by Gasteiger charge is -2.18. The average molecular weight is 242 g/mol. The van der Waals surface area contributed by atoms with E-state index in [0.29, 0.717) is 6.42 Å². The minimum absolute atomic E-state index is 0.0154. The maximum Gasteiger partial charge on any atom is 0.164 e. The Morgan fingerprint density at radius 2 is 2.00 bits per heavy atom. The minimum atomic E-state index is -0.0154. The van der Waals surface area contributed by atoms with E-state index >= 15 is 0 Å². The predicted octanol–water partition coefficient (Wildman–Crippen LogP) is 4.28. The van der Waals surface area contributed by atoms with Crippen molar-refractivity contribution in [2.24, 2.45) is 0 Å². The Hall–Kier alpha value is -1.41. The van der Waals surface area contributed by atoms with Gasteiger partial charge in [0.1, 0.15) is 0 Å². The Labute approximate surface area is 105 Å². The standard InChI is InChI=1S/C15H14OS/c1-15(2)8-14(16)12-4-3-10(7-13(12)15)11-5-6-17-9-11/h3-7,9H,8H2,1-2H3. The highest BCUT2D eigenvalue weighted by Crippen LogP contribution is 2.40. The van der Waals surface area contributed by atoms with E-state index in [1.165, 1.54) is 16.7 Å². The molecule has 0 unspecified atom stereocenters. The third kappa shape index (κ3) is 1.64. The molecule has 0 amide bonds. The number of thiophene rings is 1. The Bertz CT molecular complexity index is 579. The molecule has 1 nitrogen and oxygen atoms in total. The summed E-state index contributed by atoms with van der Waals surface area (Å²) >= 11 is 1.70. The van der Waals surface area contributed by atoms with Crippen LogP contribution in [0, 0.1) is 0 Å². The van der Waals surface area contributed by atoms with E-state index in [-0.39, 0.29) is 11.2 Å². The lowest BCUT2D eigenvalue weighted by Crippen LogP contribution is -2.12. The number of hydrogen-bond donors (Lipinski definition) is 0. The van der Waals surface area contributed by atoms with Crippen molar-refractivity contribution < 1.29 is 4.79 Å². The van der Waals surface area contributed by atoms with E-state index in [0.717, 1.165) is 5.56 Å². The monoisotopic (exact) mass is 242 g/mol. The summed E-state index contributed by atoms with van der Waals surface area (Å²) in [5, 5.41) is 4.23. The molecule has 86 valence electrons. The Morgan fingerprint density at radius 1 is 1.18 bits per heavy atom. The number of fused-ring (bicyclic) bond motifs is 1. The first-order valence-electron chi connectivity index (χ1n) is 5.78. The van der Waals surface area contributed by atoms with Crippen LogP contribution < -0.4 is 0 Å². The van der Waals surface area contributed by atoms with Gasteiger partial charge in [0.15, 0.2) is 5.78 Å². The van der Waals surface area contributed by atoms with Gasteiger partial charge in [-0.2, -0.15) is 11.3 Å². The van der Waals surface area contributed by atoms with E-state index in [1.54, 1.807) is 11.3 Å². The number of carbonyl (C=O) groups is 1. The summed E-state index contributed by atoms with van der Waals surface area (Å²) < 4.78 is 0. The molecular weight excluding hydrogens is 228 g/mol. The molecule has 1 aromatic carbocycles. The summed E-state index contributed by atoms with van der Waals surface area (Å²) in [6.45, 7) is 4.29. The molecule has 0 bridgehead atoms. The van der Waals surface area contributed by atoms with Gasteiger partial charge >= 0.3 is 0 Å². The van der Waals surface area contributed by atoms with Gasteiger partial charge in [-0.3, -0.25) is 4.79 Å². The van der Waals surface area contributed by atoms with Gasteiger partial charge in [0.25, 0.3) is 0 Å². The van der Waals surface area contributed by atoms with Crippen molar-refractivity contribution in [1.82, 2.24) is 0 Å². The van der Waals surface area contributed by atoms with Gasteiger partial charge in [0, 0.05) is 12.0 Å². The summed E-state index contributed by atoms with van der Waals surface area (Å²) in [6.07, 6.45) is 0.634. The maximum absolute atomic E-state index is 11.9. The van der Waals surface area contributed by atoms with Crippen molar-refractivity contribution in [2.75, 3.05) is 0 Å². The normalized spacial score (nSPS) is 17.2. The number of benzene rings is 1. The van der Waals surface area contributed by atoms with Crippen LogP contribution in [0.4, 0.5) is 0 Å². The van der Waals surface area contributed by atoms with Gasteiger partial charge in [0.2, 0.25) is 0 Å². The van der Waals surface area contributed by atoms with Crippen LogP contribution in [-0.4, -0.2) is 5.78 Å². The molecule has 0 saturated heterocycles. The molecule has 0 fully saturated rings. The van der Waals surface area contributed by atoms with Gasteiger partial charge in [0.05, 0.1) is 0 Å². The van der Waals surface area contributed by atoms with E-state index < -0.39 is 0 Å². The van der Waals surface area contributed by atoms with E-state index in [9.17, 15) is 4.79 Å². The SMILES string of the molecule is CC1(C)CC(=O)c2ccc(-c3ccsc3)cc21. The maximum atomic E-state index is 11.9. The molecule has 0 aliphatic heterocycles. The number of hydrogen-bond acceptors (Lipinski definition) is 2. The molecule has 3 rings (SSSR count). The summed E-state index contributed by atoms with van der Waals surface area (Å²) in [6, 6.07) is 8.35. The molecule has 1 aromatic heterocycles. The fraction of sp³-hybridized carbons (Fsp3) is 0.267. The number of Topliss-reactive ketones (excluding diaryl/α,β-unsaturated/α-hetero) is 1. The fourth-order valence-electron chi connectivity index (χ4n) is 2.55. The van der Waals surface area contributed by atoms with Crippen LogP contribution >= 0.6 is 11.3 Å². The molecular formula is C15H14OS. The van der Waals surface area contributed by atoms with Crippen molar-refractivity contribution in [3.63, 3.8) is 0 Å². The zero-order valence-electron chi connectivity index (χ0n) is 9.99. The highest BCUT2D eigenvalue weighted by atomic mass is 32.1. The summed E-state index contributed by atoms with van der Waals surface area (Å²) in [4.78, 5) is 11.9. The molecule has 0 N–H and O–H groups in total. The van der Waals surface area contributed by atoms with Crippen LogP contribution in [-0.2, 0) is 5.41 Å². The van der Waals surface area contributed by atoms with E-state index in [1.807, 2.05) is 6.07 Å². The van der Waals surface area contributed by atoms with Gasteiger partial charge < -0.3 is 0 Å². The first kappa shape index (κ1) is 10.7. The number of carbonyl (C=O) groups excluding carboxylic acids is 1. The molecule has 17 heavy (non-hydrogen) atoms. The Kier molecular flexibility index (Phi) is 2.23. The fourth-order valence-corrected chi connectivity index (χ4v) is 3.21. The van der Waals surface area contributed by atoms with E-state index in [4.69, 9.17) is 0 Å². The largest absolute Gasteiger partial charge is 0.294 e. The van der Waals surface area contributed by atoms with Gasteiger partial charge in [-0.15, -0.1) is 0 Å². The first-order chi connectivity index (χ1) is 8.08. The highest BCUT2D eigenvalue weighted by Gasteiger charge is 2.35. The van der Waals surface area contributed by atoms with Gasteiger partial charge in [-0.25, -0.2) is 0 Å². The second-order valence-electron chi connectivity index (χ2n) is 5.26. The molecule has 0 spiro atoms. The lowest BCUT2D eigenvalue weighted by atomic mass is 9.85. The molecule has 1 aliphatic carbocycles. The van der Waals surface area contributed by atoms with Crippen LogP contribution in [0.15, 0.2) is 35.0 Å². The molecule has 1 aliphatic rings. The molecule has 0 saturated carbocycles. The summed E-state index contributed by atoms with van der Waals surface area (Å²) in [5.74, 6) is 0.280. The van der Waals surface area contributed by atoms with Crippen LogP contribution in [0.2, 0.25) is 0 Å². The second kappa shape index (κ2) is 3.54. The Balaban J connectivity index is 2.17. The van der Waals surface area contributed by atoms with Gasteiger partial charge in [-0.05, 0) is 45.0 Å². The molecule has 0 radical (unpaired) electrons. The highest BCUT2D eigenvalue weighted by molar-refractivity contribution is 7.08. The van der Waals surface area contributed by atoms with E-state index in [2.05, 4.69) is 42.8 Å². The zero-order chi connectivity index (χ0) is 12.0. The number of rotatable bonds is 1. The first-order valence-corrected chi connectivity index (χ1v) is 6.72. The third-order valence-electron chi connectivity index (χ3n) is 3.51. The number of ketones is 1. The van der Waals surface area contributed by atoms with Crippen LogP contribution in [0.5, 0.6) is 0 Å². The smallest absolute Gasteiger partial charge is 0.164 e. The molecule has 2 aromatic rings. The second-order valence-corrected chi connectivity index (χ2v) is 6.04. The predicted molar refractivity (Wildman–Crippen MR) is 71.7 cm³/mol. The quantitative estimate of drug-likeness (QED) is 0.729. The summed E-state index contributed by atoms with van der Waals surface area (Å²) in [7, 11) is 0. The van der Waals surface area contributed by atoms with Crippen LogP contribution in [0.25, 0.3) is 11.1 Å². The van der Waals surface area contributed by atoms with Gasteiger partial charge in [-0.1, -0.05) is 26.0 Å².